The maximum atomic E-state index is 0. The van der Waals surface area contributed by atoms with Crippen LogP contribution < -0.4 is 28.2 Å². The minimum atomic E-state index is 0. The molecule has 0 aromatic heterocycles. The van der Waals surface area contributed by atoms with E-state index in [2.05, 4.69) is 0 Å². The van der Waals surface area contributed by atoms with Gasteiger partial charge in [0.1, 0.15) is 0 Å². The number of hydrogen-bond acceptors (Lipinski definition) is 0. The smallest absolute Gasteiger partial charge is 1.00 e. The van der Waals surface area contributed by atoms with E-state index in [9.17, 15) is 0 Å². The van der Waals surface area contributed by atoms with Gasteiger partial charge in [-0.05, 0) is 0 Å². The second-order valence-corrected chi connectivity index (χ2v) is 0. The molecule has 0 rings (SSSR count). The molecule has 9 heavy (non-hydrogen) atoms. The molecule has 0 saturated carbocycles. The third-order valence-corrected chi connectivity index (χ3v) is 0. The summed E-state index contributed by atoms with van der Waals surface area (Å²) in [6.45, 7) is 0. The van der Waals surface area contributed by atoms with Crippen LogP contribution in [-0.2, 0) is 0 Å². The summed E-state index contributed by atoms with van der Waals surface area (Å²) in [7, 11) is 0. The fourth-order valence-electron chi connectivity index (χ4n) is 0. The summed E-state index contributed by atoms with van der Waals surface area (Å²) in [4.78, 5) is 0. The summed E-state index contributed by atoms with van der Waals surface area (Å²) in [6, 6.07) is 0. The third kappa shape index (κ3) is 93.2. The average molecular weight is 316 g/mol. The summed E-state index contributed by atoms with van der Waals surface area (Å²) >= 11 is 0. The Morgan fingerprint density at radius 3 is 0.444 bits per heavy atom. The van der Waals surface area contributed by atoms with E-state index < -0.39 is 0 Å². The van der Waals surface area contributed by atoms with Gasteiger partial charge in [0.2, 0.25) is 0 Å². The van der Waals surface area contributed by atoms with E-state index in [0.717, 1.165) is 0 Å². The van der Waals surface area contributed by atoms with E-state index in [1.54, 1.807) is 0 Å². The van der Waals surface area contributed by atoms with Crippen LogP contribution in [0, 0.1) is 0 Å². The van der Waals surface area contributed by atoms with Crippen LogP contribution in [0.5, 0.6) is 0 Å². The molecule has 0 unspecified atom stereocenters. The monoisotopic (exact) mass is 316 g/mol. The molecular weight excluding hydrogens is 316 g/mol. The van der Waals surface area contributed by atoms with Gasteiger partial charge in [-0.2, -0.15) is 0 Å². The largest absolute Gasteiger partial charge is 2.00 e. The van der Waals surface area contributed by atoms with Crippen LogP contribution in [0.1, 0.15) is 0 Å². The van der Waals surface area contributed by atoms with Crippen molar-refractivity contribution >= 4 is 110 Å². The second-order valence-electron chi connectivity index (χ2n) is 0. The molecule has 0 spiro atoms. The normalized spacial score (nSPS) is 0. The first-order chi connectivity index (χ1) is 0. The zero-order chi connectivity index (χ0) is 0. The van der Waals surface area contributed by atoms with Crippen molar-refractivity contribution in [1.29, 1.82) is 0 Å². The van der Waals surface area contributed by atoms with Crippen molar-refractivity contribution in [3.05, 3.63) is 0 Å². The van der Waals surface area contributed by atoms with Crippen molar-refractivity contribution < 1.29 is 28.2 Å². The van der Waals surface area contributed by atoms with Gasteiger partial charge in [-0.25, -0.2) is 0 Å². The van der Waals surface area contributed by atoms with Gasteiger partial charge in [0, 0.05) is 0 Å². The zero-order valence-corrected chi connectivity index (χ0v) is 12.5. The Morgan fingerprint density at radius 2 is 0.444 bits per heavy atom. The predicted molar refractivity (Wildman–Crippen MR) is 17.3 cm³/mol. The molecule has 0 heterocycles. The minimum Gasteiger partial charge on any atom is -1.00 e. The molecule has 0 saturated heterocycles. The van der Waals surface area contributed by atoms with Crippen LogP contribution in [0.25, 0.3) is 0 Å². The molecule has 0 atom stereocenters. The molecule has 9 heteroatoms. The molecule has 0 nitrogen and oxygen atoms in total. The SMILES string of the molecule is [Ba+2].[Ca+2].[F-].[F-].[F-].[F-].[F-].[F-].[Mg+2]. The minimum absolute atomic E-state index is 0. The Labute approximate surface area is 135 Å². The first kappa shape index (κ1) is 151. The average Bonchev–Trinajstić information content (AvgIpc) is 0. The quantitative estimate of drug-likeness (QED) is 0.308. The zero-order valence-electron chi connectivity index (χ0n) is 4.39. The molecule has 0 aromatic rings. The van der Waals surface area contributed by atoms with Gasteiger partial charge in [0.15, 0.2) is 0 Å². The maximum absolute atomic E-state index is 0. The van der Waals surface area contributed by atoms with E-state index >= 15 is 0 Å². The van der Waals surface area contributed by atoms with E-state index in [4.69, 9.17) is 0 Å². The summed E-state index contributed by atoms with van der Waals surface area (Å²) in [5.41, 5.74) is 0. The molecule has 0 bridgehead atoms. The molecule has 0 aromatic carbocycles. The molecule has 0 fully saturated rings. The van der Waals surface area contributed by atoms with Gasteiger partial charge in [0.05, 0.1) is 0 Å². The van der Waals surface area contributed by atoms with Crippen molar-refractivity contribution in [3.63, 3.8) is 0 Å². The molecule has 0 aliphatic carbocycles. The molecule has 0 amide bonds. The van der Waals surface area contributed by atoms with Crippen LogP contribution in [0.4, 0.5) is 0 Å². The summed E-state index contributed by atoms with van der Waals surface area (Å²) in [5, 5.41) is 0. The standard InChI is InChI=1S/Ba.Ca.6FH.Mg/h;;6*1H;/q2*+2;;;;;;;+2/p-6. The number of rotatable bonds is 0. The Balaban J connectivity index is 0. The van der Waals surface area contributed by atoms with Gasteiger partial charge in [0.25, 0.3) is 0 Å². The Bertz CT molecular complexity index is 13.0. The van der Waals surface area contributed by atoms with Crippen molar-refractivity contribution in [2.45, 2.75) is 0 Å². The van der Waals surface area contributed by atoms with Crippen LogP contribution in [0.3, 0.4) is 0 Å². The fourth-order valence-corrected chi connectivity index (χ4v) is 0. The van der Waals surface area contributed by atoms with Crippen molar-refractivity contribution in [2.24, 2.45) is 0 Å². The Kier molecular flexibility index (Phi) is 1920. The van der Waals surface area contributed by atoms with Gasteiger partial charge in [-0.1, -0.05) is 0 Å². The maximum Gasteiger partial charge on any atom is 2.00 e. The summed E-state index contributed by atoms with van der Waals surface area (Å²) < 4.78 is 0. The molecular formula is BaCaF6Mg. The van der Waals surface area contributed by atoms with E-state index in [-0.39, 0.29) is 138 Å². The van der Waals surface area contributed by atoms with Gasteiger partial charge in [-0.3, -0.25) is 0 Å². The van der Waals surface area contributed by atoms with E-state index in [1.165, 1.54) is 0 Å². The van der Waals surface area contributed by atoms with Crippen LogP contribution in [-0.4, -0.2) is 110 Å². The first-order valence-corrected chi connectivity index (χ1v) is 0. The Hall–Kier alpha value is 3.18. The van der Waals surface area contributed by atoms with E-state index in [0.29, 0.717) is 0 Å². The van der Waals surface area contributed by atoms with Gasteiger partial charge in [-0.15, -0.1) is 0 Å². The second kappa shape index (κ2) is 115. The molecule has 0 aliphatic heterocycles. The third-order valence-electron chi connectivity index (χ3n) is 0. The Morgan fingerprint density at radius 1 is 0.444 bits per heavy atom. The van der Waals surface area contributed by atoms with Crippen molar-refractivity contribution in [1.82, 2.24) is 0 Å². The van der Waals surface area contributed by atoms with Crippen LogP contribution >= 0.6 is 0 Å². The van der Waals surface area contributed by atoms with Gasteiger partial charge >= 0.3 is 110 Å². The van der Waals surface area contributed by atoms with Crippen molar-refractivity contribution in [3.8, 4) is 0 Å². The summed E-state index contributed by atoms with van der Waals surface area (Å²) in [6.07, 6.45) is 0. The first-order valence-electron chi connectivity index (χ1n) is 0. The molecule has 0 aliphatic rings. The van der Waals surface area contributed by atoms with Crippen LogP contribution in [0.15, 0.2) is 0 Å². The van der Waals surface area contributed by atoms with Gasteiger partial charge < -0.3 is 28.2 Å². The van der Waals surface area contributed by atoms with E-state index in [1.807, 2.05) is 0 Å². The van der Waals surface area contributed by atoms with Crippen LogP contribution in [0.2, 0.25) is 0 Å². The number of hydrogen-bond donors (Lipinski definition) is 0. The topological polar surface area (TPSA) is 0 Å². The summed E-state index contributed by atoms with van der Waals surface area (Å²) in [5.74, 6) is 0. The predicted octanol–water partition coefficient (Wildman–Crippen LogP) is -19.1. The fraction of sp³-hybridized carbons (Fsp3) is 0. The molecule has 0 radical (unpaired) electrons. The molecule has 48 valence electrons. The van der Waals surface area contributed by atoms with Crippen molar-refractivity contribution in [2.75, 3.05) is 0 Å². The number of halogens is 6. The molecule has 0 N–H and O–H groups in total.